The summed E-state index contributed by atoms with van der Waals surface area (Å²) in [7, 11) is -3.00. The Kier molecular flexibility index (Phi) is 8.06. The van der Waals surface area contributed by atoms with Gasteiger partial charge in [-0.05, 0) is 57.4 Å². The average molecular weight is 500 g/mol. The molecule has 0 aromatic heterocycles. The lowest BCUT2D eigenvalue weighted by atomic mass is 9.73. The molecule has 11 heteroatoms. The van der Waals surface area contributed by atoms with Crippen molar-refractivity contribution in [2.24, 2.45) is 11.8 Å². The number of sulfone groups is 1. The van der Waals surface area contributed by atoms with Crippen LogP contribution in [0, 0.1) is 11.8 Å². The molecule has 194 valence electrons. The SMILES string of the molecule is CC(=O)N1C2CCC(C3CNN(CCS(C)(=O)=O)C3)CC2N(C(=O)OC2CCCNC2)C[C@@H]1C. The Morgan fingerprint density at radius 3 is 2.53 bits per heavy atom. The number of hydrogen-bond acceptors (Lipinski definition) is 8. The molecule has 0 aromatic rings. The van der Waals surface area contributed by atoms with Crippen LogP contribution in [0.15, 0.2) is 0 Å². The predicted molar refractivity (Wildman–Crippen MR) is 129 cm³/mol. The Labute approximate surface area is 203 Å². The van der Waals surface area contributed by atoms with Crippen LogP contribution < -0.4 is 10.7 Å². The second-order valence-electron chi connectivity index (χ2n) is 10.7. The van der Waals surface area contributed by atoms with E-state index in [4.69, 9.17) is 4.74 Å². The van der Waals surface area contributed by atoms with Crippen LogP contribution >= 0.6 is 0 Å². The van der Waals surface area contributed by atoms with E-state index in [0.717, 1.165) is 51.7 Å². The summed E-state index contributed by atoms with van der Waals surface area (Å²) in [6.45, 7) is 7.91. The van der Waals surface area contributed by atoms with Crippen molar-refractivity contribution in [3.8, 4) is 0 Å². The number of hydrazine groups is 1. The molecule has 0 bridgehead atoms. The van der Waals surface area contributed by atoms with E-state index in [1.807, 2.05) is 21.7 Å². The molecule has 3 aliphatic heterocycles. The van der Waals surface area contributed by atoms with E-state index in [0.29, 0.717) is 31.5 Å². The van der Waals surface area contributed by atoms with Gasteiger partial charge in [0, 0.05) is 51.9 Å². The third-order valence-electron chi connectivity index (χ3n) is 8.06. The highest BCUT2D eigenvalue weighted by Crippen LogP contribution is 2.39. The zero-order chi connectivity index (χ0) is 24.5. The highest BCUT2D eigenvalue weighted by atomic mass is 32.2. The Bertz CT molecular complexity index is 849. The molecule has 2 N–H and O–H groups in total. The second kappa shape index (κ2) is 10.7. The molecule has 3 saturated heterocycles. The molecule has 0 spiro atoms. The van der Waals surface area contributed by atoms with Crippen LogP contribution in [0.25, 0.3) is 0 Å². The molecule has 3 heterocycles. The van der Waals surface area contributed by atoms with Gasteiger partial charge in [-0.1, -0.05) is 0 Å². The van der Waals surface area contributed by atoms with Crippen LogP contribution in [0.5, 0.6) is 0 Å². The van der Waals surface area contributed by atoms with E-state index >= 15 is 0 Å². The first-order chi connectivity index (χ1) is 16.1. The monoisotopic (exact) mass is 499 g/mol. The number of rotatable bonds is 5. The number of carbonyl (C=O) groups excluding carboxylic acids is 2. The lowest BCUT2D eigenvalue weighted by molar-refractivity contribution is -0.142. The van der Waals surface area contributed by atoms with Gasteiger partial charge in [0.05, 0.1) is 17.8 Å². The maximum Gasteiger partial charge on any atom is 0.410 e. The molecule has 1 saturated carbocycles. The van der Waals surface area contributed by atoms with Crippen molar-refractivity contribution in [2.45, 2.75) is 70.2 Å². The summed E-state index contributed by atoms with van der Waals surface area (Å²) >= 11 is 0. The van der Waals surface area contributed by atoms with Crippen molar-refractivity contribution in [2.75, 3.05) is 51.3 Å². The minimum absolute atomic E-state index is 0.0187. The average Bonchev–Trinajstić information content (AvgIpc) is 3.26. The maximum absolute atomic E-state index is 13.3. The number of hydrogen-bond donors (Lipinski definition) is 2. The predicted octanol–water partition coefficient (Wildman–Crippen LogP) is 0.446. The highest BCUT2D eigenvalue weighted by molar-refractivity contribution is 7.90. The number of nitrogens with one attached hydrogen (secondary N) is 2. The number of nitrogens with zero attached hydrogens (tertiary/aromatic N) is 3. The van der Waals surface area contributed by atoms with E-state index in [9.17, 15) is 18.0 Å². The smallest absolute Gasteiger partial charge is 0.410 e. The van der Waals surface area contributed by atoms with Crippen molar-refractivity contribution in [1.82, 2.24) is 25.6 Å². The summed E-state index contributed by atoms with van der Waals surface area (Å²) < 4.78 is 29.0. The standard InChI is InChI=1S/C23H41N5O5S/c1-16-14-27(23(30)33-20-5-4-8-24-13-20)22-11-18(6-7-21(22)28(16)17(2)29)19-12-25-26(15-19)9-10-34(3,31)32/h16,18-22,24-25H,4-15H2,1-3H3/t16-,18?,19?,20?,21?,22?/m0/s1. The van der Waals surface area contributed by atoms with Crippen molar-refractivity contribution in [3.05, 3.63) is 0 Å². The van der Waals surface area contributed by atoms with Gasteiger partial charge in [0.25, 0.3) is 0 Å². The van der Waals surface area contributed by atoms with Crippen LogP contribution in [-0.4, -0.2) is 111 Å². The van der Waals surface area contributed by atoms with Gasteiger partial charge in [0.2, 0.25) is 5.91 Å². The number of piperidine rings is 1. The molecule has 5 unspecified atom stereocenters. The van der Waals surface area contributed by atoms with E-state index in [-0.39, 0.29) is 42.0 Å². The number of piperazine rings is 1. The second-order valence-corrected chi connectivity index (χ2v) is 12.9. The third kappa shape index (κ3) is 6.03. The number of carbonyl (C=O) groups is 2. The summed E-state index contributed by atoms with van der Waals surface area (Å²) in [4.78, 5) is 29.7. The molecular weight excluding hydrogens is 458 g/mol. The van der Waals surface area contributed by atoms with Gasteiger partial charge in [-0.15, -0.1) is 0 Å². The first-order valence-electron chi connectivity index (χ1n) is 12.8. The summed E-state index contributed by atoms with van der Waals surface area (Å²) in [5, 5.41) is 5.32. The number of amides is 2. The fourth-order valence-electron chi connectivity index (χ4n) is 6.39. The topological polar surface area (TPSA) is 111 Å². The fraction of sp³-hybridized carbons (Fsp3) is 0.913. The lowest BCUT2D eigenvalue weighted by Crippen LogP contribution is -2.67. The van der Waals surface area contributed by atoms with E-state index in [1.54, 1.807) is 6.92 Å². The zero-order valence-electron chi connectivity index (χ0n) is 20.7. The Hall–Kier alpha value is -1.43. The van der Waals surface area contributed by atoms with Crippen LogP contribution in [-0.2, 0) is 19.4 Å². The molecule has 6 atom stereocenters. The molecular formula is C23H41N5O5S. The van der Waals surface area contributed by atoms with Gasteiger partial charge in [-0.25, -0.2) is 18.2 Å². The molecule has 10 nitrogen and oxygen atoms in total. The third-order valence-corrected chi connectivity index (χ3v) is 8.99. The van der Waals surface area contributed by atoms with Crippen molar-refractivity contribution >= 4 is 21.8 Å². The van der Waals surface area contributed by atoms with Gasteiger partial charge in [0.15, 0.2) is 0 Å². The molecule has 2 amide bonds. The molecule has 0 radical (unpaired) electrons. The van der Waals surface area contributed by atoms with Crippen LogP contribution in [0.4, 0.5) is 4.79 Å². The van der Waals surface area contributed by atoms with E-state index in [1.165, 1.54) is 6.26 Å². The van der Waals surface area contributed by atoms with E-state index < -0.39 is 9.84 Å². The van der Waals surface area contributed by atoms with Gasteiger partial charge in [0.1, 0.15) is 15.9 Å². The van der Waals surface area contributed by atoms with Gasteiger partial charge in [-0.2, -0.15) is 0 Å². The molecule has 4 fully saturated rings. The van der Waals surface area contributed by atoms with Crippen molar-refractivity contribution < 1.29 is 22.7 Å². The Morgan fingerprint density at radius 1 is 1.06 bits per heavy atom. The van der Waals surface area contributed by atoms with Gasteiger partial charge >= 0.3 is 6.09 Å². The Balaban J connectivity index is 1.43. The summed E-state index contributed by atoms with van der Waals surface area (Å²) in [6, 6.07) is -0.0647. The van der Waals surface area contributed by atoms with Crippen LogP contribution in [0.2, 0.25) is 0 Å². The molecule has 4 aliphatic rings. The normalized spacial score (nSPS) is 35.1. The Morgan fingerprint density at radius 2 is 1.85 bits per heavy atom. The van der Waals surface area contributed by atoms with Crippen LogP contribution in [0.1, 0.15) is 46.0 Å². The maximum atomic E-state index is 13.3. The minimum atomic E-state index is -3.00. The van der Waals surface area contributed by atoms with Crippen molar-refractivity contribution in [1.29, 1.82) is 0 Å². The van der Waals surface area contributed by atoms with E-state index in [2.05, 4.69) is 10.7 Å². The van der Waals surface area contributed by atoms with Crippen molar-refractivity contribution in [3.63, 3.8) is 0 Å². The first kappa shape index (κ1) is 25.7. The van der Waals surface area contributed by atoms with Gasteiger partial charge < -0.3 is 19.9 Å². The quantitative estimate of drug-likeness (QED) is 0.561. The molecule has 1 aliphatic carbocycles. The van der Waals surface area contributed by atoms with Gasteiger partial charge in [-0.3, -0.25) is 10.2 Å². The lowest BCUT2D eigenvalue weighted by Gasteiger charge is -2.54. The number of fused-ring (bicyclic) bond motifs is 1. The zero-order valence-corrected chi connectivity index (χ0v) is 21.6. The summed E-state index contributed by atoms with van der Waals surface area (Å²) in [6.07, 6.45) is 5.52. The first-order valence-corrected chi connectivity index (χ1v) is 14.8. The molecule has 34 heavy (non-hydrogen) atoms. The summed E-state index contributed by atoms with van der Waals surface area (Å²) in [5.41, 5.74) is 3.36. The van der Waals surface area contributed by atoms with Crippen LogP contribution in [0.3, 0.4) is 0 Å². The number of ether oxygens (including phenoxy) is 1. The minimum Gasteiger partial charge on any atom is -0.445 e. The molecule has 0 aromatic carbocycles. The molecule has 4 rings (SSSR count). The highest BCUT2D eigenvalue weighted by Gasteiger charge is 2.48. The largest absolute Gasteiger partial charge is 0.445 e. The summed E-state index contributed by atoms with van der Waals surface area (Å²) in [5.74, 6) is 1.01. The fourth-order valence-corrected chi connectivity index (χ4v) is 6.94.